The van der Waals surface area contributed by atoms with Gasteiger partial charge in [-0.25, -0.2) is 0 Å². The second-order valence-corrected chi connectivity index (χ2v) is 16.0. The number of para-hydroxylation sites is 2. The molecular weight excluding hydrogens is 749 g/mol. The van der Waals surface area contributed by atoms with E-state index in [1.165, 1.54) is 71.9 Å². The summed E-state index contributed by atoms with van der Waals surface area (Å²) >= 11 is 0. The van der Waals surface area contributed by atoms with Gasteiger partial charge < -0.3 is 9.47 Å². The van der Waals surface area contributed by atoms with Crippen molar-refractivity contribution < 1.29 is 0 Å². The number of rotatable bonds is 9. The molecule has 1 aliphatic rings. The van der Waals surface area contributed by atoms with Crippen molar-refractivity contribution in [1.82, 2.24) is 4.57 Å². The van der Waals surface area contributed by atoms with Crippen LogP contribution in [0.2, 0.25) is 0 Å². The van der Waals surface area contributed by atoms with Crippen molar-refractivity contribution in [3.05, 3.63) is 248 Å². The van der Waals surface area contributed by atoms with E-state index in [1.54, 1.807) is 0 Å². The highest BCUT2D eigenvalue weighted by Gasteiger charge is 2.20. The third kappa shape index (κ3) is 7.02. The zero-order valence-corrected chi connectivity index (χ0v) is 34.4. The van der Waals surface area contributed by atoms with Crippen LogP contribution in [0.3, 0.4) is 0 Å². The summed E-state index contributed by atoms with van der Waals surface area (Å²) < 4.78 is 2.46. The molecule has 10 aromatic rings. The van der Waals surface area contributed by atoms with Crippen LogP contribution in [0.5, 0.6) is 0 Å². The van der Waals surface area contributed by atoms with Gasteiger partial charge in [0.05, 0.1) is 16.7 Å². The van der Waals surface area contributed by atoms with Crippen LogP contribution in [-0.2, 0) is 0 Å². The molecule has 1 aliphatic carbocycles. The molecule has 0 fully saturated rings. The lowest BCUT2D eigenvalue weighted by molar-refractivity contribution is 1.05. The van der Waals surface area contributed by atoms with Gasteiger partial charge in [-0.1, -0.05) is 194 Å². The van der Waals surface area contributed by atoms with E-state index in [4.69, 9.17) is 0 Å². The minimum atomic E-state index is 1.09. The molecule has 0 radical (unpaired) electrons. The highest BCUT2D eigenvalue weighted by Crippen LogP contribution is 2.42. The van der Waals surface area contributed by atoms with Crippen molar-refractivity contribution in [2.24, 2.45) is 0 Å². The summed E-state index contributed by atoms with van der Waals surface area (Å²) in [4.78, 5) is 2.39. The molecule has 0 atom stereocenters. The van der Waals surface area contributed by atoms with E-state index < -0.39 is 0 Å². The van der Waals surface area contributed by atoms with E-state index in [9.17, 15) is 0 Å². The molecule has 1 heterocycles. The average molecular weight is 793 g/mol. The third-order valence-electron chi connectivity index (χ3n) is 12.3. The zero-order valence-electron chi connectivity index (χ0n) is 34.4. The molecule has 2 nitrogen and oxygen atoms in total. The first-order valence-electron chi connectivity index (χ1n) is 21.6. The molecule has 2 heteroatoms. The van der Waals surface area contributed by atoms with Gasteiger partial charge >= 0.3 is 0 Å². The SMILES string of the molecule is C1=CCCC(c2ccc(-c3ccc(N(c4ccc(-c5ccccc5)cc4)c4ccc5c6ccccc6n(-c6ccccc6-c6ccc(-c7ccccc7)cc6)c5c4)cc3)cc2)=C1. The topological polar surface area (TPSA) is 8.17 Å². The average Bonchev–Trinajstić information content (AvgIpc) is 3.69. The van der Waals surface area contributed by atoms with Crippen LogP contribution in [-0.4, -0.2) is 4.57 Å². The molecular formula is C60H44N2. The standard InChI is InChI=1S/C60H44N2/c1-4-14-43(15-5-1)46-24-26-48(27-25-46)50-34-38-53(39-35-50)61(52-36-32-49(33-37-52)45-18-8-3-9-19-45)54-40-41-57-56-21-11-13-23-59(56)62(60(57)42-54)58-22-12-10-20-55(58)51-30-28-47(29-31-51)44-16-6-2-7-17-44/h1-4,6-14,16-42H,5,15H2. The molecule has 0 amide bonds. The fourth-order valence-electron chi connectivity index (χ4n) is 9.15. The van der Waals surface area contributed by atoms with Crippen LogP contribution in [0.25, 0.3) is 77.6 Å². The number of hydrogen-bond acceptors (Lipinski definition) is 1. The van der Waals surface area contributed by atoms with Crippen LogP contribution >= 0.6 is 0 Å². The fraction of sp³-hybridized carbons (Fsp3) is 0.0333. The number of allylic oxidation sites excluding steroid dienone is 4. The van der Waals surface area contributed by atoms with Gasteiger partial charge in [0.25, 0.3) is 0 Å². The number of aromatic nitrogens is 1. The van der Waals surface area contributed by atoms with Crippen LogP contribution in [0.15, 0.2) is 243 Å². The Hall–Kier alpha value is -7.94. The first-order chi connectivity index (χ1) is 30.7. The number of anilines is 3. The maximum Gasteiger partial charge on any atom is 0.0562 e. The Balaban J connectivity index is 1.03. The van der Waals surface area contributed by atoms with Gasteiger partial charge in [0.1, 0.15) is 0 Å². The largest absolute Gasteiger partial charge is 0.310 e. The van der Waals surface area contributed by atoms with Gasteiger partial charge in [-0.3, -0.25) is 0 Å². The maximum absolute atomic E-state index is 2.46. The highest BCUT2D eigenvalue weighted by molar-refractivity contribution is 6.11. The normalized spacial score (nSPS) is 12.4. The van der Waals surface area contributed by atoms with Gasteiger partial charge in [0.2, 0.25) is 0 Å². The molecule has 0 N–H and O–H groups in total. The minimum absolute atomic E-state index is 1.09. The predicted molar refractivity (Wildman–Crippen MR) is 264 cm³/mol. The predicted octanol–water partition coefficient (Wildman–Crippen LogP) is 16.7. The number of benzene rings is 9. The summed E-state index contributed by atoms with van der Waals surface area (Å²) in [7, 11) is 0. The molecule has 294 valence electrons. The number of hydrogen-bond donors (Lipinski definition) is 0. The molecule has 0 unspecified atom stereocenters. The Kier molecular flexibility index (Phi) is 9.72. The number of fused-ring (bicyclic) bond motifs is 3. The fourth-order valence-corrected chi connectivity index (χ4v) is 9.15. The van der Waals surface area contributed by atoms with E-state index in [0.717, 1.165) is 41.1 Å². The molecule has 1 aromatic heterocycles. The Morgan fingerprint density at radius 2 is 0.823 bits per heavy atom. The molecule has 0 bridgehead atoms. The summed E-state index contributed by atoms with van der Waals surface area (Å²) in [6.07, 6.45) is 8.86. The summed E-state index contributed by atoms with van der Waals surface area (Å²) in [5, 5.41) is 2.45. The van der Waals surface area contributed by atoms with Gasteiger partial charge in [0, 0.05) is 33.4 Å². The van der Waals surface area contributed by atoms with Crippen LogP contribution in [0.1, 0.15) is 18.4 Å². The van der Waals surface area contributed by atoms with E-state index in [-0.39, 0.29) is 0 Å². The first kappa shape index (κ1) is 37.1. The van der Waals surface area contributed by atoms with E-state index in [0.29, 0.717) is 0 Å². The van der Waals surface area contributed by atoms with E-state index >= 15 is 0 Å². The van der Waals surface area contributed by atoms with Gasteiger partial charge in [-0.2, -0.15) is 0 Å². The third-order valence-corrected chi connectivity index (χ3v) is 12.3. The molecule has 0 spiro atoms. The second-order valence-electron chi connectivity index (χ2n) is 16.0. The van der Waals surface area contributed by atoms with Crippen LogP contribution in [0.4, 0.5) is 17.1 Å². The van der Waals surface area contributed by atoms with E-state index in [2.05, 4.69) is 252 Å². The molecule has 0 saturated heterocycles. The first-order valence-corrected chi connectivity index (χ1v) is 21.6. The Morgan fingerprint density at radius 3 is 1.42 bits per heavy atom. The highest BCUT2D eigenvalue weighted by atomic mass is 15.1. The summed E-state index contributed by atoms with van der Waals surface area (Å²) in [6.45, 7) is 0. The molecule has 62 heavy (non-hydrogen) atoms. The minimum Gasteiger partial charge on any atom is -0.310 e. The molecule has 0 aliphatic heterocycles. The smallest absolute Gasteiger partial charge is 0.0562 e. The summed E-state index contributed by atoms with van der Waals surface area (Å²) in [5.74, 6) is 0. The van der Waals surface area contributed by atoms with Crippen LogP contribution in [0, 0.1) is 0 Å². The van der Waals surface area contributed by atoms with E-state index in [1.807, 2.05) is 0 Å². The van der Waals surface area contributed by atoms with Gasteiger partial charge in [0.15, 0.2) is 0 Å². The lowest BCUT2D eigenvalue weighted by atomic mass is 9.95. The lowest BCUT2D eigenvalue weighted by Gasteiger charge is -2.26. The van der Waals surface area contributed by atoms with Crippen molar-refractivity contribution in [3.8, 4) is 50.2 Å². The van der Waals surface area contributed by atoms with Gasteiger partial charge in [-0.05, 0) is 111 Å². The van der Waals surface area contributed by atoms with Crippen molar-refractivity contribution in [1.29, 1.82) is 0 Å². The Labute approximate surface area is 363 Å². The second kappa shape index (κ2) is 16.3. The maximum atomic E-state index is 2.46. The lowest BCUT2D eigenvalue weighted by Crippen LogP contribution is -2.10. The zero-order chi connectivity index (χ0) is 41.2. The van der Waals surface area contributed by atoms with Crippen molar-refractivity contribution in [3.63, 3.8) is 0 Å². The van der Waals surface area contributed by atoms with Crippen molar-refractivity contribution in [2.45, 2.75) is 12.8 Å². The molecule has 9 aromatic carbocycles. The summed E-state index contributed by atoms with van der Waals surface area (Å²) in [6, 6.07) is 81.8. The van der Waals surface area contributed by atoms with Crippen LogP contribution < -0.4 is 4.90 Å². The van der Waals surface area contributed by atoms with Gasteiger partial charge in [-0.15, -0.1) is 0 Å². The Morgan fingerprint density at radius 1 is 0.355 bits per heavy atom. The molecule has 0 saturated carbocycles. The quantitative estimate of drug-likeness (QED) is 0.141. The summed E-state index contributed by atoms with van der Waals surface area (Å²) in [5.41, 5.74) is 19.1. The Bertz CT molecular complexity index is 3230. The molecule has 11 rings (SSSR count). The van der Waals surface area contributed by atoms with Crippen molar-refractivity contribution in [2.75, 3.05) is 4.90 Å². The number of nitrogens with zero attached hydrogens (tertiary/aromatic N) is 2. The monoisotopic (exact) mass is 792 g/mol. The van der Waals surface area contributed by atoms with Crippen molar-refractivity contribution >= 4 is 44.4 Å².